The van der Waals surface area contributed by atoms with Gasteiger partial charge in [0.2, 0.25) is 0 Å². The number of nitrogens with one attached hydrogen (secondary N) is 2. The van der Waals surface area contributed by atoms with E-state index in [0.29, 0.717) is 17.9 Å². The summed E-state index contributed by atoms with van der Waals surface area (Å²) in [6, 6.07) is 0.976. The maximum Gasteiger partial charge on any atom is 0.321 e. The summed E-state index contributed by atoms with van der Waals surface area (Å²) in [5.41, 5.74) is 0. The van der Waals surface area contributed by atoms with Gasteiger partial charge in [-0.1, -0.05) is 5.16 Å². The van der Waals surface area contributed by atoms with Crippen LogP contribution in [-0.2, 0) is 0 Å². The Morgan fingerprint density at radius 1 is 1.64 bits per heavy atom. The van der Waals surface area contributed by atoms with Crippen LogP contribution in [0.5, 0.6) is 0 Å². The molecule has 5 heteroatoms. The van der Waals surface area contributed by atoms with Crippen molar-refractivity contribution >= 4 is 6.01 Å². The van der Waals surface area contributed by atoms with Crippen molar-refractivity contribution in [2.45, 2.75) is 13.0 Å². The van der Waals surface area contributed by atoms with Crippen molar-refractivity contribution in [2.24, 2.45) is 0 Å². The third kappa shape index (κ3) is 1.32. The van der Waals surface area contributed by atoms with Crippen LogP contribution in [0, 0.1) is 6.92 Å². The van der Waals surface area contributed by atoms with Gasteiger partial charge in [0.05, 0.1) is 6.04 Å². The molecule has 5 nitrogen and oxygen atoms in total. The van der Waals surface area contributed by atoms with Crippen molar-refractivity contribution < 1.29 is 4.52 Å². The minimum absolute atomic E-state index is 0.454. The lowest BCUT2D eigenvalue weighted by Gasteiger charge is -2.26. The Kier molecular flexibility index (Phi) is 1.50. The highest BCUT2D eigenvalue weighted by molar-refractivity contribution is 5.22. The minimum Gasteiger partial charge on any atom is -0.332 e. The lowest BCUT2D eigenvalue weighted by atomic mass is 10.2. The number of rotatable bonds is 2. The number of nitrogens with zero attached hydrogens (tertiary/aromatic N) is 2. The van der Waals surface area contributed by atoms with E-state index < -0.39 is 0 Å². The molecule has 0 aliphatic carbocycles. The van der Waals surface area contributed by atoms with E-state index in [0.717, 1.165) is 13.1 Å². The van der Waals surface area contributed by atoms with E-state index in [9.17, 15) is 0 Å². The van der Waals surface area contributed by atoms with Crippen LogP contribution in [0.15, 0.2) is 4.52 Å². The Morgan fingerprint density at radius 3 is 2.91 bits per heavy atom. The van der Waals surface area contributed by atoms with Crippen molar-refractivity contribution in [1.29, 1.82) is 0 Å². The van der Waals surface area contributed by atoms with E-state index in [-0.39, 0.29) is 0 Å². The molecule has 0 unspecified atom stereocenters. The van der Waals surface area contributed by atoms with Gasteiger partial charge in [-0.05, 0) is 6.92 Å². The van der Waals surface area contributed by atoms with Gasteiger partial charge in [0, 0.05) is 13.1 Å². The van der Waals surface area contributed by atoms with Crippen LogP contribution in [0.3, 0.4) is 0 Å². The Labute approximate surface area is 64.2 Å². The average molecular weight is 154 g/mol. The summed E-state index contributed by atoms with van der Waals surface area (Å²) in [5.74, 6) is 0.666. The first kappa shape index (κ1) is 6.60. The van der Waals surface area contributed by atoms with Crippen LogP contribution < -0.4 is 10.6 Å². The molecule has 0 spiro atoms. The summed E-state index contributed by atoms with van der Waals surface area (Å²) in [5, 5.41) is 9.89. The molecule has 0 saturated carbocycles. The van der Waals surface area contributed by atoms with E-state index in [1.165, 1.54) is 0 Å². The molecule has 1 aliphatic rings. The number of hydrogen-bond donors (Lipinski definition) is 2. The first-order valence-corrected chi connectivity index (χ1v) is 3.62. The van der Waals surface area contributed by atoms with E-state index in [1.807, 2.05) is 0 Å². The molecule has 0 radical (unpaired) electrons. The van der Waals surface area contributed by atoms with Crippen LogP contribution in [0.2, 0.25) is 0 Å². The molecule has 2 heterocycles. The third-order valence-corrected chi connectivity index (χ3v) is 1.64. The highest BCUT2D eigenvalue weighted by Gasteiger charge is 2.18. The zero-order chi connectivity index (χ0) is 7.68. The summed E-state index contributed by atoms with van der Waals surface area (Å²) in [6.45, 7) is 3.75. The first-order chi connectivity index (χ1) is 5.34. The highest BCUT2D eigenvalue weighted by atomic mass is 16.5. The third-order valence-electron chi connectivity index (χ3n) is 1.64. The fraction of sp³-hybridized carbons (Fsp3) is 0.667. The first-order valence-electron chi connectivity index (χ1n) is 3.62. The quantitative estimate of drug-likeness (QED) is 0.615. The van der Waals surface area contributed by atoms with E-state index in [4.69, 9.17) is 4.52 Å². The van der Waals surface area contributed by atoms with Gasteiger partial charge in [-0.25, -0.2) is 0 Å². The van der Waals surface area contributed by atoms with Crippen LogP contribution in [-0.4, -0.2) is 29.3 Å². The molecule has 0 amide bonds. The van der Waals surface area contributed by atoms with Gasteiger partial charge in [-0.15, -0.1) is 0 Å². The molecule has 1 fully saturated rings. The lowest BCUT2D eigenvalue weighted by molar-refractivity contribution is 0.403. The van der Waals surface area contributed by atoms with E-state index in [1.54, 1.807) is 6.92 Å². The van der Waals surface area contributed by atoms with Crippen molar-refractivity contribution in [3.05, 3.63) is 5.82 Å². The monoisotopic (exact) mass is 154 g/mol. The Hall–Kier alpha value is -1.10. The lowest BCUT2D eigenvalue weighted by Crippen LogP contribution is -2.51. The largest absolute Gasteiger partial charge is 0.332 e. The molecule has 2 rings (SSSR count). The normalized spacial score (nSPS) is 17.9. The molecule has 0 atom stereocenters. The predicted octanol–water partition coefficient (Wildman–Crippen LogP) is -0.238. The highest BCUT2D eigenvalue weighted by Crippen LogP contribution is 2.05. The van der Waals surface area contributed by atoms with E-state index >= 15 is 0 Å². The van der Waals surface area contributed by atoms with E-state index in [2.05, 4.69) is 20.8 Å². The van der Waals surface area contributed by atoms with Gasteiger partial charge in [-0.2, -0.15) is 4.98 Å². The summed E-state index contributed by atoms with van der Waals surface area (Å²) in [4.78, 5) is 4.02. The fourth-order valence-electron chi connectivity index (χ4n) is 0.921. The molecule has 60 valence electrons. The van der Waals surface area contributed by atoms with Crippen LogP contribution >= 0.6 is 0 Å². The Morgan fingerprint density at radius 2 is 2.45 bits per heavy atom. The zero-order valence-electron chi connectivity index (χ0n) is 6.29. The second-order valence-electron chi connectivity index (χ2n) is 2.65. The van der Waals surface area contributed by atoms with Crippen LogP contribution in [0.1, 0.15) is 5.82 Å². The number of aromatic nitrogens is 2. The molecule has 1 aliphatic heterocycles. The summed E-state index contributed by atoms with van der Waals surface area (Å²) in [6.07, 6.45) is 0. The van der Waals surface area contributed by atoms with Gasteiger partial charge in [0.25, 0.3) is 0 Å². The smallest absolute Gasteiger partial charge is 0.321 e. The van der Waals surface area contributed by atoms with Gasteiger partial charge < -0.3 is 15.2 Å². The van der Waals surface area contributed by atoms with Gasteiger partial charge in [-0.3, -0.25) is 0 Å². The summed E-state index contributed by atoms with van der Waals surface area (Å²) < 4.78 is 4.87. The topological polar surface area (TPSA) is 63.0 Å². The molecular formula is C6H10N4O. The van der Waals surface area contributed by atoms with Crippen LogP contribution in [0.25, 0.3) is 0 Å². The maximum absolute atomic E-state index is 4.87. The fourth-order valence-corrected chi connectivity index (χ4v) is 0.921. The number of anilines is 1. The standard InChI is InChI=1S/C6H10N4O/c1-4-8-6(11-10-4)9-5-2-7-3-5/h5,7H,2-3H2,1H3,(H,8,9,10). The summed E-state index contributed by atoms with van der Waals surface area (Å²) in [7, 11) is 0. The van der Waals surface area contributed by atoms with Crippen molar-refractivity contribution in [3.63, 3.8) is 0 Å². The maximum atomic E-state index is 4.87. The molecule has 0 aromatic carbocycles. The van der Waals surface area contributed by atoms with Gasteiger partial charge >= 0.3 is 6.01 Å². The number of aryl methyl sites for hydroxylation is 1. The Bertz CT molecular complexity index is 242. The average Bonchev–Trinajstić information content (AvgIpc) is 2.27. The zero-order valence-corrected chi connectivity index (χ0v) is 6.29. The van der Waals surface area contributed by atoms with Gasteiger partial charge in [0.15, 0.2) is 5.82 Å². The molecule has 0 bridgehead atoms. The second kappa shape index (κ2) is 2.50. The Balaban J connectivity index is 1.95. The molecule has 1 aromatic heterocycles. The number of hydrogen-bond acceptors (Lipinski definition) is 5. The van der Waals surface area contributed by atoms with Gasteiger partial charge in [0.1, 0.15) is 0 Å². The molecule has 11 heavy (non-hydrogen) atoms. The molecular weight excluding hydrogens is 144 g/mol. The molecule has 1 saturated heterocycles. The van der Waals surface area contributed by atoms with Crippen molar-refractivity contribution in [1.82, 2.24) is 15.5 Å². The van der Waals surface area contributed by atoms with Crippen molar-refractivity contribution in [2.75, 3.05) is 18.4 Å². The molecule has 2 N–H and O–H groups in total. The minimum atomic E-state index is 0.454. The van der Waals surface area contributed by atoms with Crippen molar-refractivity contribution in [3.8, 4) is 0 Å². The SMILES string of the molecule is Cc1noc(NC2CNC2)n1. The van der Waals surface area contributed by atoms with Crippen LogP contribution in [0.4, 0.5) is 6.01 Å². The second-order valence-corrected chi connectivity index (χ2v) is 2.65. The molecule has 1 aromatic rings. The summed E-state index contributed by atoms with van der Waals surface area (Å²) >= 11 is 0. The predicted molar refractivity (Wildman–Crippen MR) is 39.3 cm³/mol.